The molecular formula is C14H17BrO3. The van der Waals surface area contributed by atoms with E-state index in [1.807, 2.05) is 36.4 Å². The molecular weight excluding hydrogens is 296 g/mol. The monoisotopic (exact) mass is 312 g/mol. The Morgan fingerprint density at radius 2 is 2.00 bits per heavy atom. The van der Waals surface area contributed by atoms with Crippen LogP contribution in [0.4, 0.5) is 0 Å². The molecule has 0 heterocycles. The topological polar surface area (TPSA) is 46.5 Å². The van der Waals surface area contributed by atoms with E-state index in [2.05, 4.69) is 15.9 Å². The average Bonchev–Trinajstić information content (AvgIpc) is 2.35. The predicted molar refractivity (Wildman–Crippen MR) is 75.8 cm³/mol. The third-order valence-corrected chi connectivity index (χ3v) is 2.87. The van der Waals surface area contributed by atoms with Gasteiger partial charge in [0.15, 0.2) is 5.60 Å². The molecule has 0 saturated heterocycles. The Morgan fingerprint density at radius 3 is 2.50 bits per heavy atom. The highest BCUT2D eigenvalue weighted by molar-refractivity contribution is 9.09. The van der Waals surface area contributed by atoms with Crippen molar-refractivity contribution in [2.45, 2.75) is 26.1 Å². The second kappa shape index (κ2) is 6.71. The summed E-state index contributed by atoms with van der Waals surface area (Å²) >= 11 is 3.32. The van der Waals surface area contributed by atoms with Crippen LogP contribution in [0.5, 0.6) is 0 Å². The van der Waals surface area contributed by atoms with Gasteiger partial charge in [-0.15, -0.1) is 0 Å². The smallest absolute Gasteiger partial charge is 0.335 e. The summed E-state index contributed by atoms with van der Waals surface area (Å²) in [7, 11) is 0. The van der Waals surface area contributed by atoms with Crippen molar-refractivity contribution in [3.05, 3.63) is 41.5 Å². The molecule has 0 atom stereocenters. The quantitative estimate of drug-likeness (QED) is 0.818. The maximum Gasteiger partial charge on any atom is 0.335 e. The van der Waals surface area contributed by atoms with Crippen LogP contribution in [0, 0.1) is 0 Å². The van der Waals surface area contributed by atoms with Gasteiger partial charge in [-0.2, -0.15) is 0 Å². The van der Waals surface area contributed by atoms with E-state index in [0.29, 0.717) is 6.61 Å². The zero-order valence-electron chi connectivity index (χ0n) is 10.5. The number of benzene rings is 1. The van der Waals surface area contributed by atoms with Gasteiger partial charge < -0.3 is 9.84 Å². The second-order valence-electron chi connectivity index (χ2n) is 4.40. The number of aliphatic carboxylic acids is 1. The Bertz CT molecular complexity index is 421. The largest absolute Gasteiger partial charge is 0.479 e. The summed E-state index contributed by atoms with van der Waals surface area (Å²) < 4.78 is 5.37. The Hall–Kier alpha value is -1.13. The van der Waals surface area contributed by atoms with Crippen molar-refractivity contribution in [3.8, 4) is 0 Å². The van der Waals surface area contributed by atoms with Crippen molar-refractivity contribution in [1.29, 1.82) is 0 Å². The first-order chi connectivity index (χ1) is 8.45. The van der Waals surface area contributed by atoms with Crippen LogP contribution >= 0.6 is 15.9 Å². The van der Waals surface area contributed by atoms with Crippen molar-refractivity contribution in [3.63, 3.8) is 0 Å². The second-order valence-corrected chi connectivity index (χ2v) is 5.05. The van der Waals surface area contributed by atoms with Crippen LogP contribution in [0.15, 0.2) is 30.3 Å². The standard InChI is InChI=1S/C14H17BrO3/c1-14(2,13(16)17)18-10-12-7-5-11(6-8-12)4-3-9-15/h3-8H,9-10H2,1-2H3,(H,16,17)/b4-3-. The lowest BCUT2D eigenvalue weighted by Gasteiger charge is -2.20. The fourth-order valence-corrected chi connectivity index (χ4v) is 1.42. The molecule has 0 aliphatic heterocycles. The van der Waals surface area contributed by atoms with Gasteiger partial charge in [0.05, 0.1) is 6.61 Å². The summed E-state index contributed by atoms with van der Waals surface area (Å²) in [6.07, 6.45) is 4.03. The molecule has 18 heavy (non-hydrogen) atoms. The van der Waals surface area contributed by atoms with Crippen molar-refractivity contribution < 1.29 is 14.6 Å². The predicted octanol–water partition coefficient (Wildman–Crippen LogP) is 3.47. The van der Waals surface area contributed by atoms with Crippen molar-refractivity contribution >= 4 is 28.0 Å². The fourth-order valence-electron chi connectivity index (χ4n) is 1.23. The molecule has 1 aromatic carbocycles. The van der Waals surface area contributed by atoms with Crippen molar-refractivity contribution in [2.75, 3.05) is 5.33 Å². The summed E-state index contributed by atoms with van der Waals surface area (Å²) in [5.74, 6) is -0.959. The number of hydrogen-bond donors (Lipinski definition) is 1. The molecule has 0 bridgehead atoms. The number of rotatable bonds is 6. The van der Waals surface area contributed by atoms with Crippen LogP contribution in [0.2, 0.25) is 0 Å². The molecule has 0 aliphatic rings. The maximum absolute atomic E-state index is 10.9. The van der Waals surface area contributed by atoms with Gasteiger partial charge in [0.25, 0.3) is 0 Å². The number of alkyl halides is 1. The van der Waals surface area contributed by atoms with Gasteiger partial charge >= 0.3 is 5.97 Å². The number of carboxylic acids is 1. The fraction of sp³-hybridized carbons (Fsp3) is 0.357. The normalized spacial score (nSPS) is 11.9. The summed E-state index contributed by atoms with van der Waals surface area (Å²) in [5, 5.41) is 9.75. The lowest BCUT2D eigenvalue weighted by Crippen LogP contribution is -2.34. The van der Waals surface area contributed by atoms with Gasteiger partial charge in [0.1, 0.15) is 0 Å². The van der Waals surface area contributed by atoms with Gasteiger partial charge in [0, 0.05) is 5.33 Å². The highest BCUT2D eigenvalue weighted by Gasteiger charge is 2.27. The molecule has 1 N–H and O–H groups in total. The highest BCUT2D eigenvalue weighted by Crippen LogP contribution is 2.14. The molecule has 1 rings (SSSR count). The molecule has 0 fully saturated rings. The van der Waals surface area contributed by atoms with Crippen molar-refractivity contribution in [1.82, 2.24) is 0 Å². The van der Waals surface area contributed by atoms with E-state index in [9.17, 15) is 4.79 Å². The van der Waals surface area contributed by atoms with Gasteiger partial charge in [-0.3, -0.25) is 0 Å². The Labute approximate surface area is 116 Å². The zero-order valence-corrected chi connectivity index (χ0v) is 12.1. The van der Waals surface area contributed by atoms with Crippen LogP contribution < -0.4 is 0 Å². The van der Waals surface area contributed by atoms with Crippen molar-refractivity contribution in [2.24, 2.45) is 0 Å². The van der Waals surface area contributed by atoms with Crippen LogP contribution in [-0.4, -0.2) is 22.0 Å². The third-order valence-electron chi connectivity index (χ3n) is 2.49. The molecule has 0 saturated carbocycles. The summed E-state index contributed by atoms with van der Waals surface area (Å²) in [5.41, 5.74) is 0.908. The molecule has 3 nitrogen and oxygen atoms in total. The first kappa shape index (κ1) is 14.9. The van der Waals surface area contributed by atoms with E-state index < -0.39 is 11.6 Å². The minimum atomic E-state index is -1.16. The first-order valence-electron chi connectivity index (χ1n) is 5.64. The van der Waals surface area contributed by atoms with E-state index in [4.69, 9.17) is 9.84 Å². The number of carboxylic acid groups (broad SMARTS) is 1. The molecule has 0 aliphatic carbocycles. The SMILES string of the molecule is CC(C)(OCc1ccc(/C=C\CBr)cc1)C(=O)O. The maximum atomic E-state index is 10.9. The molecule has 4 heteroatoms. The molecule has 0 unspecified atom stereocenters. The number of ether oxygens (including phenoxy) is 1. The number of carbonyl (C=O) groups is 1. The van der Waals surface area contributed by atoms with Gasteiger partial charge in [0.2, 0.25) is 0 Å². The molecule has 0 spiro atoms. The summed E-state index contributed by atoms with van der Waals surface area (Å²) in [6.45, 7) is 3.38. The van der Waals surface area contributed by atoms with E-state index in [1.54, 1.807) is 13.8 Å². The molecule has 1 aromatic rings. The Morgan fingerprint density at radius 1 is 1.39 bits per heavy atom. The van der Waals surface area contributed by atoms with Gasteiger partial charge in [-0.05, 0) is 25.0 Å². The number of halogens is 1. The van der Waals surface area contributed by atoms with Crippen LogP contribution in [0.1, 0.15) is 25.0 Å². The highest BCUT2D eigenvalue weighted by atomic mass is 79.9. The number of allylic oxidation sites excluding steroid dienone is 1. The van der Waals surface area contributed by atoms with Gasteiger partial charge in [-0.25, -0.2) is 4.79 Å². The van der Waals surface area contributed by atoms with E-state index >= 15 is 0 Å². The zero-order chi connectivity index (χ0) is 13.6. The lowest BCUT2D eigenvalue weighted by atomic mass is 10.1. The molecule has 0 amide bonds. The minimum Gasteiger partial charge on any atom is -0.479 e. The van der Waals surface area contributed by atoms with Crippen LogP contribution in [-0.2, 0) is 16.1 Å². The third kappa shape index (κ3) is 4.63. The van der Waals surface area contributed by atoms with Crippen LogP contribution in [0.3, 0.4) is 0 Å². The number of hydrogen-bond acceptors (Lipinski definition) is 2. The molecule has 0 aromatic heterocycles. The average molecular weight is 313 g/mol. The summed E-state index contributed by atoms with van der Waals surface area (Å²) in [6, 6.07) is 7.83. The summed E-state index contributed by atoms with van der Waals surface area (Å²) in [4.78, 5) is 10.9. The van der Waals surface area contributed by atoms with Gasteiger partial charge in [-0.1, -0.05) is 52.3 Å². The molecule has 0 radical (unpaired) electrons. The van der Waals surface area contributed by atoms with Crippen LogP contribution in [0.25, 0.3) is 6.08 Å². The Balaban J connectivity index is 2.59. The first-order valence-corrected chi connectivity index (χ1v) is 6.76. The Kier molecular flexibility index (Phi) is 5.56. The van der Waals surface area contributed by atoms with E-state index in [1.165, 1.54) is 0 Å². The van der Waals surface area contributed by atoms with E-state index in [-0.39, 0.29) is 0 Å². The minimum absolute atomic E-state index is 0.293. The molecule has 98 valence electrons. The van der Waals surface area contributed by atoms with E-state index in [0.717, 1.165) is 16.5 Å². The lowest BCUT2D eigenvalue weighted by molar-refractivity contribution is -0.162.